The van der Waals surface area contributed by atoms with Gasteiger partial charge in [0.25, 0.3) is 0 Å². The predicted molar refractivity (Wildman–Crippen MR) is 167 cm³/mol. The molecule has 0 saturated carbocycles. The van der Waals surface area contributed by atoms with Gasteiger partial charge in [0.15, 0.2) is 0 Å². The third kappa shape index (κ3) is 4.05. The summed E-state index contributed by atoms with van der Waals surface area (Å²) in [6.07, 6.45) is 0. The van der Waals surface area contributed by atoms with Crippen molar-refractivity contribution in [3.05, 3.63) is 151 Å². The second kappa shape index (κ2) is 10.0. The Hall–Kier alpha value is -5.90. The first-order valence-corrected chi connectivity index (χ1v) is 13.5. The van der Waals surface area contributed by atoms with Crippen LogP contribution in [0.3, 0.4) is 0 Å². The number of hydrogen-bond donors (Lipinski definition) is 0. The number of rotatable bonds is 4. The monoisotopic (exact) mass is 521 g/mol. The van der Waals surface area contributed by atoms with Crippen molar-refractivity contribution in [3.63, 3.8) is 0 Å². The summed E-state index contributed by atoms with van der Waals surface area (Å²) in [5.41, 5.74) is 9.97. The van der Waals surface area contributed by atoms with Crippen molar-refractivity contribution in [1.29, 1.82) is 10.5 Å². The fraction of sp³-hybridized carbons (Fsp3) is 0. The van der Waals surface area contributed by atoms with Crippen LogP contribution in [-0.2, 0) is 0 Å². The molecule has 3 nitrogen and oxygen atoms in total. The highest BCUT2D eigenvalue weighted by atomic mass is 15.0. The van der Waals surface area contributed by atoms with Gasteiger partial charge in [0.05, 0.1) is 34.3 Å². The van der Waals surface area contributed by atoms with E-state index in [1.54, 1.807) is 18.2 Å². The van der Waals surface area contributed by atoms with Crippen molar-refractivity contribution in [3.8, 4) is 51.2 Å². The van der Waals surface area contributed by atoms with Crippen molar-refractivity contribution in [1.82, 2.24) is 4.57 Å². The zero-order valence-corrected chi connectivity index (χ0v) is 22.1. The van der Waals surface area contributed by atoms with E-state index in [0.717, 1.165) is 55.3 Å². The van der Waals surface area contributed by atoms with Gasteiger partial charge in [-0.2, -0.15) is 10.5 Å². The van der Waals surface area contributed by atoms with E-state index in [1.807, 2.05) is 42.5 Å². The van der Waals surface area contributed by atoms with Crippen molar-refractivity contribution in [2.24, 2.45) is 0 Å². The number of nitriles is 2. The quantitative estimate of drug-likeness (QED) is 0.232. The Labute approximate surface area is 238 Å². The number of para-hydroxylation sites is 1. The van der Waals surface area contributed by atoms with Crippen molar-refractivity contribution >= 4 is 21.8 Å². The Balaban J connectivity index is 1.65. The molecule has 1 aromatic heterocycles. The van der Waals surface area contributed by atoms with Crippen molar-refractivity contribution < 1.29 is 0 Å². The molecular weight excluding hydrogens is 498 g/mol. The molecule has 0 aliphatic rings. The molecule has 0 saturated heterocycles. The molecule has 3 heteroatoms. The van der Waals surface area contributed by atoms with E-state index in [0.29, 0.717) is 16.7 Å². The molecule has 41 heavy (non-hydrogen) atoms. The van der Waals surface area contributed by atoms with Crippen LogP contribution in [0.5, 0.6) is 0 Å². The maximum Gasteiger partial charge on any atom is 0.0998 e. The first kappa shape index (κ1) is 24.2. The van der Waals surface area contributed by atoms with E-state index in [4.69, 9.17) is 0 Å². The molecule has 7 rings (SSSR count). The van der Waals surface area contributed by atoms with Crippen molar-refractivity contribution in [2.75, 3.05) is 0 Å². The van der Waals surface area contributed by atoms with Crippen LogP contribution in [-0.4, -0.2) is 4.57 Å². The molecule has 0 amide bonds. The molecule has 6 aromatic carbocycles. The highest BCUT2D eigenvalue weighted by Gasteiger charge is 2.21. The second-order valence-electron chi connectivity index (χ2n) is 10.0. The topological polar surface area (TPSA) is 52.5 Å². The summed E-state index contributed by atoms with van der Waals surface area (Å²) in [5, 5.41) is 22.4. The third-order valence-corrected chi connectivity index (χ3v) is 7.69. The summed E-state index contributed by atoms with van der Waals surface area (Å²) in [7, 11) is 0. The van der Waals surface area contributed by atoms with E-state index in [-0.39, 0.29) is 0 Å². The SMILES string of the molecule is N#Cc1cccc(C#N)c1-c1cc2c(cc1-c1ccccc1)c1cc(-c3ccccc3)ccc1n2-c1ccccc1. The zero-order chi connectivity index (χ0) is 27.8. The Morgan fingerprint density at radius 2 is 1.02 bits per heavy atom. The van der Waals surface area contributed by atoms with Gasteiger partial charge in [-0.3, -0.25) is 0 Å². The van der Waals surface area contributed by atoms with Crippen LogP contribution in [0, 0.1) is 22.7 Å². The average molecular weight is 522 g/mol. The van der Waals surface area contributed by atoms with Gasteiger partial charge in [0, 0.05) is 22.0 Å². The van der Waals surface area contributed by atoms with E-state index in [1.165, 1.54) is 0 Å². The number of hydrogen-bond acceptors (Lipinski definition) is 2. The molecule has 0 spiro atoms. The molecular formula is C38H23N3. The van der Waals surface area contributed by atoms with Gasteiger partial charge in [-0.1, -0.05) is 91.0 Å². The minimum atomic E-state index is 0.481. The van der Waals surface area contributed by atoms with E-state index < -0.39 is 0 Å². The molecule has 7 aromatic rings. The largest absolute Gasteiger partial charge is 0.309 e. The lowest BCUT2D eigenvalue weighted by Crippen LogP contribution is -1.96. The molecule has 1 heterocycles. The molecule has 0 atom stereocenters. The smallest absolute Gasteiger partial charge is 0.0998 e. The summed E-state index contributed by atoms with van der Waals surface area (Å²) >= 11 is 0. The van der Waals surface area contributed by atoms with Crippen LogP contribution in [0.1, 0.15) is 11.1 Å². The molecule has 0 unspecified atom stereocenters. The van der Waals surface area contributed by atoms with Gasteiger partial charge in [-0.15, -0.1) is 0 Å². The Bertz CT molecular complexity index is 2110. The lowest BCUT2D eigenvalue weighted by Gasteiger charge is -2.15. The molecule has 0 radical (unpaired) electrons. The Morgan fingerprint density at radius 1 is 0.439 bits per heavy atom. The molecule has 0 N–H and O–H groups in total. The lowest BCUT2D eigenvalue weighted by molar-refractivity contribution is 1.18. The number of nitrogens with zero attached hydrogens (tertiary/aromatic N) is 3. The Kier molecular flexibility index (Phi) is 5.90. The maximum absolute atomic E-state index is 10.1. The van der Waals surface area contributed by atoms with Gasteiger partial charge >= 0.3 is 0 Å². The molecule has 190 valence electrons. The average Bonchev–Trinajstić information content (AvgIpc) is 3.37. The van der Waals surface area contributed by atoms with E-state index in [2.05, 4.69) is 95.6 Å². The second-order valence-corrected chi connectivity index (χ2v) is 10.0. The molecule has 0 aliphatic carbocycles. The highest BCUT2D eigenvalue weighted by Crippen LogP contribution is 2.43. The minimum absolute atomic E-state index is 0.481. The normalized spacial score (nSPS) is 10.9. The van der Waals surface area contributed by atoms with Gasteiger partial charge < -0.3 is 4.57 Å². The summed E-state index contributed by atoms with van der Waals surface area (Å²) < 4.78 is 2.28. The van der Waals surface area contributed by atoms with Gasteiger partial charge in [-0.05, 0) is 76.3 Å². The van der Waals surface area contributed by atoms with E-state index >= 15 is 0 Å². The van der Waals surface area contributed by atoms with Gasteiger partial charge in [0.2, 0.25) is 0 Å². The van der Waals surface area contributed by atoms with Gasteiger partial charge in [-0.25, -0.2) is 0 Å². The van der Waals surface area contributed by atoms with Gasteiger partial charge in [0.1, 0.15) is 0 Å². The lowest BCUT2D eigenvalue weighted by atomic mass is 9.88. The fourth-order valence-electron chi connectivity index (χ4n) is 5.82. The summed E-state index contributed by atoms with van der Waals surface area (Å²) in [6.45, 7) is 0. The molecule has 0 aliphatic heterocycles. The minimum Gasteiger partial charge on any atom is -0.309 e. The highest BCUT2D eigenvalue weighted by molar-refractivity contribution is 6.13. The van der Waals surface area contributed by atoms with Crippen LogP contribution in [0.2, 0.25) is 0 Å². The summed E-state index contributed by atoms with van der Waals surface area (Å²) in [4.78, 5) is 0. The number of fused-ring (bicyclic) bond motifs is 3. The predicted octanol–water partition coefficient (Wildman–Crippen LogP) is 9.53. The van der Waals surface area contributed by atoms with Crippen LogP contribution < -0.4 is 0 Å². The number of benzene rings is 6. The van der Waals surface area contributed by atoms with Crippen LogP contribution in [0.15, 0.2) is 140 Å². The fourth-order valence-corrected chi connectivity index (χ4v) is 5.82. The van der Waals surface area contributed by atoms with Crippen molar-refractivity contribution in [2.45, 2.75) is 0 Å². The number of aromatic nitrogens is 1. The van der Waals surface area contributed by atoms with Crippen LogP contribution in [0.25, 0.3) is 60.9 Å². The maximum atomic E-state index is 10.1. The van der Waals surface area contributed by atoms with E-state index in [9.17, 15) is 10.5 Å². The zero-order valence-electron chi connectivity index (χ0n) is 22.1. The standard InChI is InChI=1S/C38H23N3/c39-24-29-15-10-16-30(25-40)38(29)35-23-37-34(22-32(35)27-13-6-2-7-14-27)33-21-28(26-11-4-1-5-12-26)19-20-36(33)41(37)31-17-8-3-9-18-31/h1-23H. The third-order valence-electron chi connectivity index (χ3n) is 7.69. The first-order valence-electron chi connectivity index (χ1n) is 13.5. The van der Waals surface area contributed by atoms with Crippen LogP contribution in [0.4, 0.5) is 0 Å². The molecule has 0 fully saturated rings. The summed E-state index contributed by atoms with van der Waals surface area (Å²) in [5.74, 6) is 0. The summed E-state index contributed by atoms with van der Waals surface area (Å²) in [6, 6.07) is 52.0. The molecule has 0 bridgehead atoms. The Morgan fingerprint density at radius 3 is 1.66 bits per heavy atom. The van der Waals surface area contributed by atoms with Crippen LogP contribution >= 0.6 is 0 Å². The first-order chi connectivity index (χ1) is 20.3.